The van der Waals surface area contributed by atoms with Gasteiger partial charge in [0.15, 0.2) is 5.84 Å². The molecule has 2 aromatic rings. The lowest BCUT2D eigenvalue weighted by Gasteiger charge is -2.13. The molecule has 3 N–H and O–H groups in total. The molecule has 0 amide bonds. The third-order valence-corrected chi connectivity index (χ3v) is 2.89. The van der Waals surface area contributed by atoms with Gasteiger partial charge in [-0.15, -0.1) is 0 Å². The van der Waals surface area contributed by atoms with E-state index in [2.05, 4.69) is 5.16 Å². The Morgan fingerprint density at radius 3 is 2.60 bits per heavy atom. The molecule has 0 aromatic heterocycles. The predicted molar refractivity (Wildman–Crippen MR) is 74.9 cm³/mol. The van der Waals surface area contributed by atoms with E-state index >= 15 is 0 Å². The maximum absolute atomic E-state index is 13.3. The molecule has 0 bridgehead atoms. The fourth-order valence-corrected chi connectivity index (χ4v) is 1.78. The molecule has 0 radical (unpaired) electrons. The molecule has 0 aliphatic carbocycles. The number of nitrogens with two attached hydrogens (primary N) is 1. The van der Waals surface area contributed by atoms with Gasteiger partial charge < -0.3 is 15.7 Å². The van der Waals surface area contributed by atoms with Gasteiger partial charge in [-0.2, -0.15) is 0 Å². The highest BCUT2D eigenvalue weighted by molar-refractivity contribution is 5.99. The summed E-state index contributed by atoms with van der Waals surface area (Å²) in [5, 5.41) is 11.6. The van der Waals surface area contributed by atoms with Gasteiger partial charge in [0.1, 0.15) is 17.3 Å². The molecule has 2 rings (SSSR count). The highest BCUT2D eigenvalue weighted by Gasteiger charge is 2.12. The van der Waals surface area contributed by atoms with Crippen LogP contribution in [0.15, 0.2) is 41.6 Å². The molecule has 4 nitrogen and oxygen atoms in total. The number of rotatable bonds is 3. The van der Waals surface area contributed by atoms with Crippen LogP contribution in [0.2, 0.25) is 0 Å². The smallest absolute Gasteiger partial charge is 0.173 e. The Hall–Kier alpha value is -2.56. The van der Waals surface area contributed by atoms with Gasteiger partial charge in [0.2, 0.25) is 0 Å². The zero-order valence-corrected chi connectivity index (χ0v) is 11.2. The maximum Gasteiger partial charge on any atom is 0.173 e. The molecular formula is C15H15FN2O2. The first kappa shape index (κ1) is 13.9. The Morgan fingerprint density at radius 1 is 1.15 bits per heavy atom. The lowest BCUT2D eigenvalue weighted by atomic mass is 10.1. The van der Waals surface area contributed by atoms with Crippen LogP contribution >= 0.6 is 0 Å². The van der Waals surface area contributed by atoms with E-state index in [1.807, 2.05) is 32.0 Å². The highest BCUT2D eigenvalue weighted by Crippen LogP contribution is 2.29. The second kappa shape index (κ2) is 5.61. The number of benzene rings is 2. The van der Waals surface area contributed by atoms with E-state index in [0.717, 1.165) is 17.2 Å². The van der Waals surface area contributed by atoms with Crippen LogP contribution < -0.4 is 10.5 Å². The molecule has 20 heavy (non-hydrogen) atoms. The third-order valence-electron chi connectivity index (χ3n) is 2.89. The van der Waals surface area contributed by atoms with Crippen LogP contribution in [-0.2, 0) is 0 Å². The van der Waals surface area contributed by atoms with Gasteiger partial charge in [0.05, 0.1) is 5.56 Å². The van der Waals surface area contributed by atoms with Crippen LogP contribution in [0.25, 0.3) is 0 Å². The van der Waals surface area contributed by atoms with Crippen LogP contribution in [-0.4, -0.2) is 11.0 Å². The van der Waals surface area contributed by atoms with Gasteiger partial charge in [0.25, 0.3) is 0 Å². The number of halogens is 1. The Bertz CT molecular complexity index is 669. The Balaban J connectivity index is 2.46. The molecular weight excluding hydrogens is 259 g/mol. The number of oxime groups is 1. The van der Waals surface area contributed by atoms with Crippen molar-refractivity contribution in [3.05, 3.63) is 58.9 Å². The minimum atomic E-state index is -0.486. The van der Waals surface area contributed by atoms with Crippen molar-refractivity contribution in [3.63, 3.8) is 0 Å². The minimum Gasteiger partial charge on any atom is -0.456 e. The van der Waals surface area contributed by atoms with Gasteiger partial charge in [-0.3, -0.25) is 0 Å². The summed E-state index contributed by atoms with van der Waals surface area (Å²) >= 11 is 0. The van der Waals surface area contributed by atoms with Crippen molar-refractivity contribution in [1.82, 2.24) is 0 Å². The average molecular weight is 274 g/mol. The first-order valence-corrected chi connectivity index (χ1v) is 6.04. The van der Waals surface area contributed by atoms with Gasteiger partial charge in [-0.25, -0.2) is 4.39 Å². The Kier molecular flexibility index (Phi) is 3.89. The number of amidine groups is 1. The number of aryl methyl sites for hydroxylation is 2. The Morgan fingerprint density at radius 2 is 1.90 bits per heavy atom. The van der Waals surface area contributed by atoms with Gasteiger partial charge in [-0.1, -0.05) is 17.3 Å². The lowest BCUT2D eigenvalue weighted by molar-refractivity contribution is 0.318. The quantitative estimate of drug-likeness (QED) is 0.390. The van der Waals surface area contributed by atoms with Crippen molar-refractivity contribution < 1.29 is 14.3 Å². The number of hydrogen-bond donors (Lipinski definition) is 2. The van der Waals surface area contributed by atoms with E-state index in [4.69, 9.17) is 15.7 Å². The number of ether oxygens (including phenoxy) is 1. The summed E-state index contributed by atoms with van der Waals surface area (Å²) in [4.78, 5) is 0. The van der Waals surface area contributed by atoms with Crippen LogP contribution in [0.4, 0.5) is 4.39 Å². The van der Waals surface area contributed by atoms with Crippen molar-refractivity contribution in [1.29, 1.82) is 0 Å². The fourth-order valence-electron chi connectivity index (χ4n) is 1.78. The molecule has 0 aliphatic rings. The van der Waals surface area contributed by atoms with Crippen molar-refractivity contribution in [2.75, 3.05) is 0 Å². The number of hydrogen-bond acceptors (Lipinski definition) is 3. The zero-order chi connectivity index (χ0) is 14.7. The van der Waals surface area contributed by atoms with Crippen molar-refractivity contribution >= 4 is 5.84 Å². The molecule has 0 aliphatic heterocycles. The van der Waals surface area contributed by atoms with Crippen molar-refractivity contribution in [2.45, 2.75) is 13.8 Å². The van der Waals surface area contributed by atoms with Crippen LogP contribution in [0, 0.1) is 19.7 Å². The Labute approximate surface area is 116 Å². The van der Waals surface area contributed by atoms with E-state index < -0.39 is 5.82 Å². The van der Waals surface area contributed by atoms with E-state index in [-0.39, 0.29) is 11.4 Å². The monoisotopic (exact) mass is 274 g/mol. The molecule has 0 saturated carbocycles. The summed E-state index contributed by atoms with van der Waals surface area (Å²) in [6, 6.07) is 9.64. The minimum absolute atomic E-state index is 0.202. The standard InChI is InChI=1S/C15H15FN2O2/c1-9-3-4-10(2)14(7-9)20-13-6-5-11(16)8-12(13)15(17)18-19/h3-8,19H,1-2H3,(H2,17,18). The van der Waals surface area contributed by atoms with Crippen LogP contribution in [0.1, 0.15) is 16.7 Å². The van der Waals surface area contributed by atoms with E-state index in [9.17, 15) is 4.39 Å². The van der Waals surface area contributed by atoms with Gasteiger partial charge >= 0.3 is 0 Å². The molecule has 0 spiro atoms. The topological polar surface area (TPSA) is 67.8 Å². The second-order valence-electron chi connectivity index (χ2n) is 4.50. The SMILES string of the molecule is Cc1ccc(C)c(Oc2ccc(F)cc2C(N)=NO)c1. The van der Waals surface area contributed by atoms with Gasteiger partial charge in [0, 0.05) is 0 Å². The maximum atomic E-state index is 13.3. The summed E-state index contributed by atoms with van der Waals surface area (Å²) in [6.07, 6.45) is 0. The first-order valence-electron chi connectivity index (χ1n) is 6.04. The van der Waals surface area contributed by atoms with Crippen LogP contribution in [0.5, 0.6) is 11.5 Å². The molecule has 0 unspecified atom stereocenters. The summed E-state index contributed by atoms with van der Waals surface area (Å²) < 4.78 is 19.0. The lowest BCUT2D eigenvalue weighted by Crippen LogP contribution is -2.14. The molecule has 0 atom stereocenters. The third kappa shape index (κ3) is 2.88. The van der Waals surface area contributed by atoms with Gasteiger partial charge in [-0.05, 0) is 49.2 Å². The summed E-state index contributed by atoms with van der Waals surface area (Å²) in [6.45, 7) is 3.85. The molecule has 104 valence electrons. The second-order valence-corrected chi connectivity index (χ2v) is 4.50. The average Bonchev–Trinajstić information content (AvgIpc) is 2.43. The molecule has 0 heterocycles. The molecule has 2 aromatic carbocycles. The molecule has 0 saturated heterocycles. The molecule has 0 fully saturated rings. The first-order chi connectivity index (χ1) is 9.51. The van der Waals surface area contributed by atoms with Crippen LogP contribution in [0.3, 0.4) is 0 Å². The normalized spacial score (nSPS) is 11.4. The predicted octanol–water partition coefficient (Wildman–Crippen LogP) is 3.33. The molecule has 5 heteroatoms. The van der Waals surface area contributed by atoms with Crippen molar-refractivity contribution in [2.24, 2.45) is 10.9 Å². The fraction of sp³-hybridized carbons (Fsp3) is 0.133. The largest absolute Gasteiger partial charge is 0.456 e. The highest BCUT2D eigenvalue weighted by atomic mass is 19.1. The summed E-state index contributed by atoms with van der Waals surface area (Å²) in [5.41, 5.74) is 7.72. The number of nitrogens with zero attached hydrogens (tertiary/aromatic N) is 1. The summed E-state index contributed by atoms with van der Waals surface area (Å²) in [5.74, 6) is 0.281. The van der Waals surface area contributed by atoms with E-state index in [1.54, 1.807) is 0 Å². The van der Waals surface area contributed by atoms with Crippen molar-refractivity contribution in [3.8, 4) is 11.5 Å². The van der Waals surface area contributed by atoms with E-state index in [1.165, 1.54) is 12.1 Å². The summed E-state index contributed by atoms with van der Waals surface area (Å²) in [7, 11) is 0. The zero-order valence-electron chi connectivity index (χ0n) is 11.2. The van der Waals surface area contributed by atoms with E-state index in [0.29, 0.717) is 11.5 Å².